The maximum Gasteiger partial charge on any atom is 0.307 e. The lowest BCUT2D eigenvalue weighted by atomic mass is 10.0. The maximum atomic E-state index is 13.2. The molecular weight excluding hydrogens is 442 g/mol. The maximum absolute atomic E-state index is 13.2. The molecular formula is C25H21NO4S2. The average Bonchev–Trinajstić information content (AvgIpc) is 3.53. The lowest BCUT2D eigenvalue weighted by Gasteiger charge is -2.11. The molecule has 2 N–H and O–H groups in total. The first-order valence-electron chi connectivity index (χ1n) is 13.8. The first-order chi connectivity index (χ1) is 19.1. The van der Waals surface area contributed by atoms with Crippen molar-refractivity contribution in [2.24, 2.45) is 5.92 Å². The monoisotopic (exact) mass is 472 g/mol. The second-order valence-corrected chi connectivity index (χ2v) is 10.2. The summed E-state index contributed by atoms with van der Waals surface area (Å²) in [6, 6.07) is -0.453. The molecule has 0 saturated heterocycles. The van der Waals surface area contributed by atoms with Gasteiger partial charge in [-0.3, -0.25) is 4.79 Å². The van der Waals surface area contributed by atoms with Crippen LogP contribution in [0.5, 0.6) is 0 Å². The van der Waals surface area contributed by atoms with E-state index in [1.165, 1.54) is 19.1 Å². The van der Waals surface area contributed by atoms with Crippen LogP contribution in [0.1, 0.15) is 33.9 Å². The molecule has 4 rings (SSSR count). The van der Waals surface area contributed by atoms with Gasteiger partial charge in [0.15, 0.2) is 9.84 Å². The number of carboxylic acids is 1. The van der Waals surface area contributed by atoms with Crippen molar-refractivity contribution in [2.75, 3.05) is 5.75 Å². The van der Waals surface area contributed by atoms with Gasteiger partial charge in [-0.15, -0.1) is 11.3 Å². The molecule has 2 aromatic heterocycles. The van der Waals surface area contributed by atoms with Gasteiger partial charge in [0.25, 0.3) is 0 Å². The third kappa shape index (κ3) is 4.93. The zero-order valence-electron chi connectivity index (χ0n) is 25.6. The Morgan fingerprint density at radius 2 is 1.91 bits per heavy atom. The second kappa shape index (κ2) is 9.03. The molecule has 32 heavy (non-hydrogen) atoms. The molecule has 0 aliphatic carbocycles. The SMILES string of the molecule is [2H]c1[nH]c2c([2H])c([2H])c([2H])c([2H])c2c1C[C@@H](CS(=O)(=O)c1ccc(C#Cc2c([2H])c([2H])c(C)c([2H])c2[2H])s1)C(=O)O. The quantitative estimate of drug-likeness (QED) is 0.400. The average molecular weight is 473 g/mol. The van der Waals surface area contributed by atoms with Crippen molar-refractivity contribution in [3.8, 4) is 11.8 Å². The Labute approximate surface area is 203 Å². The third-order valence-electron chi connectivity index (χ3n) is 4.50. The molecule has 0 unspecified atom stereocenters. The third-order valence-corrected chi connectivity index (χ3v) is 7.89. The fourth-order valence-electron chi connectivity index (χ4n) is 2.91. The molecule has 0 saturated carbocycles. The first kappa shape index (κ1) is 13.3. The van der Waals surface area contributed by atoms with Gasteiger partial charge in [0, 0.05) is 22.6 Å². The van der Waals surface area contributed by atoms with E-state index >= 15 is 0 Å². The lowest BCUT2D eigenvalue weighted by molar-refractivity contribution is -0.140. The molecule has 5 nitrogen and oxygen atoms in total. The summed E-state index contributed by atoms with van der Waals surface area (Å²) < 4.78 is 98.3. The zero-order valence-corrected chi connectivity index (χ0v) is 18.3. The molecule has 0 radical (unpaired) electrons. The smallest absolute Gasteiger partial charge is 0.307 e. The first-order valence-corrected chi connectivity index (χ1v) is 11.8. The summed E-state index contributed by atoms with van der Waals surface area (Å²) in [5.41, 5.74) is -0.0732. The number of rotatable bonds is 6. The molecule has 0 aliphatic heterocycles. The van der Waals surface area contributed by atoms with Crippen LogP contribution in [-0.2, 0) is 21.1 Å². The van der Waals surface area contributed by atoms with Gasteiger partial charge in [0.2, 0.25) is 0 Å². The van der Waals surface area contributed by atoms with E-state index in [2.05, 4.69) is 16.8 Å². The van der Waals surface area contributed by atoms with E-state index in [0.29, 0.717) is 0 Å². The van der Waals surface area contributed by atoms with E-state index in [-0.39, 0.29) is 67.0 Å². The normalized spacial score (nSPS) is 16.2. The fourth-order valence-corrected chi connectivity index (χ4v) is 5.72. The minimum absolute atomic E-state index is 0.0367. The number of aromatic amines is 1. The van der Waals surface area contributed by atoms with Crippen molar-refractivity contribution in [3.63, 3.8) is 0 Å². The van der Waals surface area contributed by atoms with Crippen molar-refractivity contribution in [1.82, 2.24) is 4.98 Å². The van der Waals surface area contributed by atoms with Gasteiger partial charge < -0.3 is 10.1 Å². The van der Waals surface area contributed by atoms with Gasteiger partial charge in [0.1, 0.15) is 4.21 Å². The number of aromatic nitrogens is 1. The predicted molar refractivity (Wildman–Crippen MR) is 127 cm³/mol. The number of nitrogens with one attached hydrogen (secondary N) is 1. The van der Waals surface area contributed by atoms with E-state index < -0.39 is 58.1 Å². The van der Waals surface area contributed by atoms with Crippen LogP contribution in [0.4, 0.5) is 0 Å². The van der Waals surface area contributed by atoms with Crippen LogP contribution >= 0.6 is 11.3 Å². The summed E-state index contributed by atoms with van der Waals surface area (Å²) in [6.07, 6.45) is -0.820. The van der Waals surface area contributed by atoms with Crippen molar-refractivity contribution in [2.45, 2.75) is 17.6 Å². The molecule has 0 amide bonds. The number of benzene rings is 2. The number of thiophene rings is 1. The summed E-state index contributed by atoms with van der Waals surface area (Å²) in [5, 5.41) is 9.76. The highest BCUT2D eigenvalue weighted by Crippen LogP contribution is 2.26. The van der Waals surface area contributed by atoms with Gasteiger partial charge >= 0.3 is 5.97 Å². The second-order valence-electron chi connectivity index (χ2n) is 6.87. The topological polar surface area (TPSA) is 87.2 Å². The summed E-state index contributed by atoms with van der Waals surface area (Å²) in [4.78, 5) is 14.9. The van der Waals surface area contributed by atoms with Crippen LogP contribution in [-0.4, -0.2) is 30.2 Å². The fraction of sp³-hybridized carbons (Fsp3) is 0.160. The molecule has 0 bridgehead atoms. The Hall–Kier alpha value is -3.34. The number of para-hydroxylation sites is 1. The van der Waals surface area contributed by atoms with Gasteiger partial charge in [-0.05, 0) is 49.2 Å². The Balaban J connectivity index is 1.65. The van der Waals surface area contributed by atoms with Crippen molar-refractivity contribution in [1.29, 1.82) is 0 Å². The van der Waals surface area contributed by atoms with E-state index in [4.69, 9.17) is 12.3 Å². The number of aliphatic carboxylic acids is 1. The number of H-pyrrole nitrogens is 1. The molecule has 0 spiro atoms. The van der Waals surface area contributed by atoms with Crippen molar-refractivity contribution >= 4 is 38.0 Å². The molecule has 0 aliphatic rings. The molecule has 1 atom stereocenters. The molecule has 2 aromatic carbocycles. The number of carboxylic acid groups (broad SMARTS) is 1. The predicted octanol–water partition coefficient (Wildman–Crippen LogP) is 4.65. The minimum atomic E-state index is -4.19. The van der Waals surface area contributed by atoms with E-state index in [1.807, 2.05) is 0 Å². The van der Waals surface area contributed by atoms with Crippen molar-refractivity contribution in [3.05, 3.63) is 88.2 Å². The minimum Gasteiger partial charge on any atom is -0.481 e. The number of sulfone groups is 1. The number of fused-ring (bicyclic) bond motifs is 1. The summed E-state index contributed by atoms with van der Waals surface area (Å²) in [6.45, 7) is 1.46. The van der Waals surface area contributed by atoms with Gasteiger partial charge in [-0.25, -0.2) is 8.42 Å². The van der Waals surface area contributed by atoms with Crippen molar-refractivity contribution < 1.29 is 30.7 Å². The number of carbonyl (C=O) groups is 1. The lowest BCUT2D eigenvalue weighted by Crippen LogP contribution is -2.25. The molecule has 0 fully saturated rings. The highest BCUT2D eigenvalue weighted by atomic mass is 32.2. The summed E-state index contributed by atoms with van der Waals surface area (Å²) in [7, 11) is -4.19. The standard InChI is InChI=1S/C25H21NO4S2/c1-17-6-8-18(9-7-17)10-11-21-12-13-24(31-21)32(29,30)16-20(25(27)28)14-19-15-26-23-5-3-2-4-22(19)23/h2-9,12-13,15,20,26H,14,16H2,1H3,(H,27,28)/t20-/m0/s1/i2D,3D,4D,5D,6D,7D,8D,9D,15D. The van der Waals surface area contributed by atoms with E-state index in [9.17, 15) is 18.3 Å². The van der Waals surface area contributed by atoms with Gasteiger partial charge in [-0.1, -0.05) is 47.6 Å². The number of hydrogen-bond donors (Lipinski definition) is 2. The van der Waals surface area contributed by atoms with Gasteiger partial charge in [-0.2, -0.15) is 0 Å². The van der Waals surface area contributed by atoms with Crippen LogP contribution in [0, 0.1) is 24.7 Å². The summed E-state index contributed by atoms with van der Waals surface area (Å²) >= 11 is 0.743. The van der Waals surface area contributed by atoms with Crippen LogP contribution in [0.3, 0.4) is 0 Å². The summed E-state index contributed by atoms with van der Waals surface area (Å²) in [5.74, 6) is 1.35. The zero-order chi connectivity index (χ0) is 30.5. The van der Waals surface area contributed by atoms with Crippen LogP contribution in [0.15, 0.2) is 70.9 Å². The van der Waals surface area contributed by atoms with Crippen LogP contribution in [0.2, 0.25) is 0 Å². The Kier molecular flexibility index (Phi) is 3.74. The number of hydrogen-bond acceptors (Lipinski definition) is 4. The Bertz CT molecular complexity index is 1890. The van der Waals surface area contributed by atoms with E-state index in [0.717, 1.165) is 11.3 Å². The molecule has 162 valence electrons. The molecule has 2 heterocycles. The Morgan fingerprint density at radius 1 is 1.16 bits per heavy atom. The Morgan fingerprint density at radius 3 is 2.66 bits per heavy atom. The van der Waals surface area contributed by atoms with Crippen LogP contribution in [0.25, 0.3) is 10.9 Å². The largest absolute Gasteiger partial charge is 0.481 e. The highest BCUT2D eigenvalue weighted by Gasteiger charge is 2.28. The van der Waals surface area contributed by atoms with Gasteiger partial charge in [0.05, 0.1) is 28.9 Å². The van der Waals surface area contributed by atoms with Crippen LogP contribution < -0.4 is 0 Å². The van der Waals surface area contributed by atoms with E-state index in [1.54, 1.807) is 0 Å². The highest BCUT2D eigenvalue weighted by molar-refractivity contribution is 7.93. The molecule has 4 aromatic rings. The molecule has 7 heteroatoms.